The average molecular weight is 289 g/mol. The van der Waals surface area contributed by atoms with Crippen molar-refractivity contribution < 1.29 is 4.74 Å². The summed E-state index contributed by atoms with van der Waals surface area (Å²) in [5.41, 5.74) is 7.14. The zero-order valence-corrected chi connectivity index (χ0v) is 11.8. The van der Waals surface area contributed by atoms with Crippen LogP contribution in [0.2, 0.25) is 5.02 Å². The quantitative estimate of drug-likeness (QED) is 0.909. The third-order valence-corrected chi connectivity index (χ3v) is 3.80. The van der Waals surface area contributed by atoms with Gasteiger partial charge in [-0.1, -0.05) is 23.7 Å². The molecule has 0 aromatic heterocycles. The lowest BCUT2D eigenvalue weighted by atomic mass is 9.98. The van der Waals surface area contributed by atoms with Crippen LogP contribution in [-0.2, 0) is 0 Å². The van der Waals surface area contributed by atoms with Crippen molar-refractivity contribution in [2.75, 3.05) is 6.54 Å². The smallest absolute Gasteiger partial charge is 0.127 e. The van der Waals surface area contributed by atoms with Crippen LogP contribution in [0.3, 0.4) is 0 Å². The molecule has 3 nitrogen and oxygen atoms in total. The first-order chi connectivity index (χ1) is 9.70. The molecule has 3 N–H and O–H groups in total. The first kappa shape index (κ1) is 13.4. The molecule has 4 heteroatoms. The summed E-state index contributed by atoms with van der Waals surface area (Å²) < 4.78 is 5.85. The van der Waals surface area contributed by atoms with Gasteiger partial charge in [0.15, 0.2) is 0 Å². The van der Waals surface area contributed by atoms with Gasteiger partial charge in [0.2, 0.25) is 0 Å². The molecule has 0 spiro atoms. The Morgan fingerprint density at radius 1 is 1.10 bits per heavy atom. The fourth-order valence-corrected chi connectivity index (χ4v) is 2.62. The van der Waals surface area contributed by atoms with Gasteiger partial charge in [-0.05, 0) is 54.3 Å². The van der Waals surface area contributed by atoms with Gasteiger partial charge in [0, 0.05) is 11.6 Å². The minimum absolute atomic E-state index is 0.0980. The van der Waals surface area contributed by atoms with E-state index in [9.17, 15) is 0 Å². The van der Waals surface area contributed by atoms with Crippen LogP contribution >= 0.6 is 11.6 Å². The highest BCUT2D eigenvalue weighted by Crippen LogP contribution is 2.29. The average Bonchev–Trinajstić information content (AvgIpc) is 2.89. The standard InChI is InChI=1S/C16H17ClN2O/c17-13-4-6-14(7-5-13)20-15-3-1-2-11(8-15)12-9-16(18)19-10-12/h1-8,12,16,19H,9-10,18H2/t12-,16?/m0/s1. The molecule has 0 radical (unpaired) electrons. The first-order valence-corrected chi connectivity index (χ1v) is 7.11. The van der Waals surface area contributed by atoms with Crippen molar-refractivity contribution in [2.45, 2.75) is 18.5 Å². The van der Waals surface area contributed by atoms with Gasteiger partial charge in [-0.2, -0.15) is 0 Å². The van der Waals surface area contributed by atoms with Crippen LogP contribution in [0.5, 0.6) is 11.5 Å². The van der Waals surface area contributed by atoms with E-state index in [4.69, 9.17) is 22.1 Å². The normalized spacial score (nSPS) is 21.9. The van der Waals surface area contributed by atoms with E-state index in [-0.39, 0.29) is 6.17 Å². The van der Waals surface area contributed by atoms with E-state index in [1.165, 1.54) is 5.56 Å². The van der Waals surface area contributed by atoms with Gasteiger partial charge in [0.05, 0.1) is 6.17 Å². The second kappa shape index (κ2) is 5.83. The first-order valence-electron chi connectivity index (χ1n) is 6.73. The molecule has 1 heterocycles. The molecule has 2 aromatic carbocycles. The minimum Gasteiger partial charge on any atom is -0.457 e. The van der Waals surface area contributed by atoms with Crippen molar-refractivity contribution in [3.8, 4) is 11.5 Å². The van der Waals surface area contributed by atoms with E-state index in [1.54, 1.807) is 0 Å². The monoisotopic (exact) mass is 288 g/mol. The molecule has 0 saturated carbocycles. The summed E-state index contributed by atoms with van der Waals surface area (Å²) in [5.74, 6) is 2.08. The maximum absolute atomic E-state index is 5.88. The fourth-order valence-electron chi connectivity index (χ4n) is 2.49. The van der Waals surface area contributed by atoms with E-state index in [0.29, 0.717) is 10.9 Å². The number of nitrogens with one attached hydrogen (secondary N) is 1. The van der Waals surface area contributed by atoms with E-state index in [2.05, 4.69) is 17.4 Å². The van der Waals surface area contributed by atoms with Crippen molar-refractivity contribution in [3.63, 3.8) is 0 Å². The van der Waals surface area contributed by atoms with Crippen molar-refractivity contribution in [2.24, 2.45) is 5.73 Å². The summed E-state index contributed by atoms with van der Waals surface area (Å²) in [5, 5.41) is 3.97. The van der Waals surface area contributed by atoms with Crippen LogP contribution in [0, 0.1) is 0 Å². The Morgan fingerprint density at radius 3 is 2.60 bits per heavy atom. The SMILES string of the molecule is NC1C[C@H](c2cccc(Oc3ccc(Cl)cc3)c2)CN1. The lowest BCUT2D eigenvalue weighted by Gasteiger charge is -2.11. The third-order valence-electron chi connectivity index (χ3n) is 3.54. The molecular weight excluding hydrogens is 272 g/mol. The molecule has 0 aliphatic carbocycles. The van der Waals surface area contributed by atoms with Crippen molar-refractivity contribution in [1.82, 2.24) is 5.32 Å². The molecule has 1 unspecified atom stereocenters. The number of rotatable bonds is 3. The van der Waals surface area contributed by atoms with Crippen molar-refractivity contribution >= 4 is 11.6 Å². The van der Waals surface area contributed by atoms with Gasteiger partial charge < -0.3 is 15.8 Å². The molecule has 2 atom stereocenters. The van der Waals surface area contributed by atoms with E-state index in [1.807, 2.05) is 36.4 Å². The Bertz CT molecular complexity index is 585. The molecule has 0 amide bonds. The van der Waals surface area contributed by atoms with Gasteiger partial charge in [-0.15, -0.1) is 0 Å². The third kappa shape index (κ3) is 3.12. The largest absolute Gasteiger partial charge is 0.457 e. The molecule has 2 aromatic rings. The summed E-state index contributed by atoms with van der Waals surface area (Å²) in [6.07, 6.45) is 1.06. The van der Waals surface area contributed by atoms with E-state index in [0.717, 1.165) is 24.5 Å². The fraction of sp³-hybridized carbons (Fsp3) is 0.250. The molecule has 0 bridgehead atoms. The molecule has 3 rings (SSSR count). The molecule has 104 valence electrons. The summed E-state index contributed by atoms with van der Waals surface area (Å²) in [4.78, 5) is 0. The number of hydrogen-bond acceptors (Lipinski definition) is 3. The molecule has 1 aliphatic heterocycles. The molecule has 1 aliphatic rings. The summed E-state index contributed by atoms with van der Waals surface area (Å²) in [6, 6.07) is 15.5. The molecule has 20 heavy (non-hydrogen) atoms. The van der Waals surface area contributed by atoms with Crippen LogP contribution in [0.1, 0.15) is 17.9 Å². The topological polar surface area (TPSA) is 47.3 Å². The predicted octanol–water partition coefficient (Wildman–Crippen LogP) is 3.49. The Morgan fingerprint density at radius 2 is 1.90 bits per heavy atom. The van der Waals surface area contributed by atoms with Gasteiger partial charge in [0.25, 0.3) is 0 Å². The number of benzene rings is 2. The summed E-state index contributed by atoms with van der Waals surface area (Å²) in [7, 11) is 0. The van der Waals surface area contributed by atoms with Crippen LogP contribution in [0.4, 0.5) is 0 Å². The van der Waals surface area contributed by atoms with Gasteiger partial charge in [-0.25, -0.2) is 0 Å². The number of halogens is 1. The number of hydrogen-bond donors (Lipinski definition) is 2. The zero-order valence-electron chi connectivity index (χ0n) is 11.1. The zero-order chi connectivity index (χ0) is 13.9. The van der Waals surface area contributed by atoms with E-state index < -0.39 is 0 Å². The Balaban J connectivity index is 1.75. The highest BCUT2D eigenvalue weighted by Gasteiger charge is 2.22. The lowest BCUT2D eigenvalue weighted by Crippen LogP contribution is -2.30. The number of nitrogens with two attached hydrogens (primary N) is 1. The second-order valence-corrected chi connectivity index (χ2v) is 5.51. The Hall–Kier alpha value is -1.55. The minimum atomic E-state index is 0.0980. The molecule has 1 saturated heterocycles. The summed E-state index contributed by atoms with van der Waals surface area (Å²) >= 11 is 5.87. The van der Waals surface area contributed by atoms with Gasteiger partial charge in [-0.3, -0.25) is 0 Å². The predicted molar refractivity (Wildman–Crippen MR) is 81.3 cm³/mol. The van der Waals surface area contributed by atoms with Crippen LogP contribution in [0.15, 0.2) is 48.5 Å². The number of ether oxygens (including phenoxy) is 1. The van der Waals surface area contributed by atoms with Gasteiger partial charge >= 0.3 is 0 Å². The van der Waals surface area contributed by atoms with Crippen molar-refractivity contribution in [3.05, 3.63) is 59.1 Å². The lowest BCUT2D eigenvalue weighted by molar-refractivity contribution is 0.481. The maximum Gasteiger partial charge on any atom is 0.127 e. The molecular formula is C16H17ClN2O. The highest BCUT2D eigenvalue weighted by atomic mass is 35.5. The second-order valence-electron chi connectivity index (χ2n) is 5.08. The van der Waals surface area contributed by atoms with Gasteiger partial charge in [0.1, 0.15) is 11.5 Å². The highest BCUT2D eigenvalue weighted by molar-refractivity contribution is 6.30. The Kier molecular flexibility index (Phi) is 3.92. The molecule has 1 fully saturated rings. The Labute approximate surface area is 123 Å². The van der Waals surface area contributed by atoms with E-state index >= 15 is 0 Å². The van der Waals surface area contributed by atoms with Crippen molar-refractivity contribution in [1.29, 1.82) is 0 Å². The van der Waals surface area contributed by atoms with Crippen LogP contribution in [-0.4, -0.2) is 12.7 Å². The van der Waals surface area contributed by atoms with Crippen LogP contribution < -0.4 is 15.8 Å². The summed E-state index contributed by atoms with van der Waals surface area (Å²) in [6.45, 7) is 0.922. The van der Waals surface area contributed by atoms with Crippen LogP contribution in [0.25, 0.3) is 0 Å². The maximum atomic E-state index is 5.88.